The number of halogens is 1. The van der Waals surface area contributed by atoms with Gasteiger partial charge >= 0.3 is 12.0 Å². The van der Waals surface area contributed by atoms with Crippen molar-refractivity contribution in [2.24, 2.45) is 0 Å². The first-order valence-corrected chi connectivity index (χ1v) is 5.20. The zero-order chi connectivity index (χ0) is 10.9. The lowest BCUT2D eigenvalue weighted by molar-refractivity contribution is -0.192. The van der Waals surface area contributed by atoms with Crippen LogP contribution in [0.1, 0.15) is 38.5 Å². The molecule has 1 saturated carbocycles. The van der Waals surface area contributed by atoms with Gasteiger partial charge in [0.25, 0.3) is 0 Å². The molecule has 2 rings (SSSR count). The Morgan fingerprint density at radius 3 is 2.67 bits per heavy atom. The first kappa shape index (κ1) is 10.5. The van der Waals surface area contributed by atoms with Crippen LogP contribution in [0.5, 0.6) is 0 Å². The van der Waals surface area contributed by atoms with E-state index in [1.165, 1.54) is 0 Å². The Morgan fingerprint density at radius 2 is 2.07 bits per heavy atom. The first-order valence-electron chi connectivity index (χ1n) is 5.20. The number of esters is 1. The number of carbonyl (C=O) groups is 2. The Hall–Kier alpha value is -0.970. The molecule has 0 bridgehead atoms. The van der Waals surface area contributed by atoms with Gasteiger partial charge in [-0.1, -0.05) is 6.42 Å². The Bertz CT molecular complexity index is 283. The topological polar surface area (TPSA) is 52.6 Å². The summed E-state index contributed by atoms with van der Waals surface area (Å²) < 4.78 is 22.7. The molecule has 1 atom stereocenters. The van der Waals surface area contributed by atoms with Crippen LogP contribution in [0, 0.1) is 0 Å². The molecule has 2 aliphatic rings. The van der Waals surface area contributed by atoms with Gasteiger partial charge in [-0.2, -0.15) is 4.39 Å². The fourth-order valence-electron chi connectivity index (χ4n) is 2.16. The van der Waals surface area contributed by atoms with E-state index in [0.717, 1.165) is 19.3 Å². The summed E-state index contributed by atoms with van der Waals surface area (Å²) in [5, 5.41) is 0. The molecule has 2 fully saturated rings. The molecule has 0 amide bonds. The Balaban J connectivity index is 2.01. The molecule has 5 heteroatoms. The minimum atomic E-state index is -1.54. The Labute approximate surface area is 86.7 Å². The molecule has 0 aromatic carbocycles. The summed E-state index contributed by atoms with van der Waals surface area (Å²) >= 11 is 0. The minimum absolute atomic E-state index is 0.527. The highest BCUT2D eigenvalue weighted by Gasteiger charge is 2.48. The monoisotopic (exact) mass is 216 g/mol. The number of carbonyl (C=O) groups excluding carboxylic acids is 2. The third kappa shape index (κ3) is 2.17. The molecule has 4 nitrogen and oxygen atoms in total. The van der Waals surface area contributed by atoms with Crippen LogP contribution in [0.15, 0.2) is 0 Å². The highest BCUT2D eigenvalue weighted by Crippen LogP contribution is 2.38. The summed E-state index contributed by atoms with van der Waals surface area (Å²) in [6.45, 7) is 0. The van der Waals surface area contributed by atoms with E-state index in [0.29, 0.717) is 12.8 Å². The second-order valence-electron chi connectivity index (χ2n) is 4.06. The van der Waals surface area contributed by atoms with Gasteiger partial charge in [-0.15, -0.1) is 0 Å². The lowest BCUT2D eigenvalue weighted by atomic mass is 9.94. The molecule has 84 valence electrons. The summed E-state index contributed by atoms with van der Waals surface area (Å²) in [4.78, 5) is 21.6. The first-order chi connectivity index (χ1) is 7.11. The number of ether oxygens (including phenoxy) is 2. The number of hydrogen-bond acceptors (Lipinski definition) is 4. The molecule has 1 unspecified atom stereocenters. The van der Waals surface area contributed by atoms with Crippen LogP contribution in [0.25, 0.3) is 0 Å². The van der Waals surface area contributed by atoms with Crippen LogP contribution in [0.2, 0.25) is 0 Å². The van der Waals surface area contributed by atoms with E-state index in [9.17, 15) is 14.0 Å². The van der Waals surface area contributed by atoms with E-state index in [-0.39, 0.29) is 0 Å². The molecule has 15 heavy (non-hydrogen) atoms. The number of hydrogen-bond donors (Lipinski definition) is 0. The maximum absolute atomic E-state index is 12.2. The molecule has 1 heterocycles. The third-order valence-electron chi connectivity index (χ3n) is 2.87. The van der Waals surface area contributed by atoms with Crippen molar-refractivity contribution in [3.05, 3.63) is 0 Å². The zero-order valence-corrected chi connectivity index (χ0v) is 8.33. The van der Waals surface area contributed by atoms with Crippen LogP contribution < -0.4 is 0 Å². The smallest absolute Gasteiger partial charge is 0.338 e. The van der Waals surface area contributed by atoms with Crippen LogP contribution in [-0.2, 0) is 19.1 Å². The lowest BCUT2D eigenvalue weighted by Gasteiger charge is -2.30. The summed E-state index contributed by atoms with van der Waals surface area (Å²) in [5.74, 6) is -1.47. The average molecular weight is 216 g/mol. The van der Waals surface area contributed by atoms with E-state index in [1.54, 1.807) is 0 Å². The molecule has 0 N–H and O–H groups in total. The van der Waals surface area contributed by atoms with Crippen LogP contribution in [0.4, 0.5) is 4.39 Å². The minimum Gasteiger partial charge on any atom is -0.431 e. The summed E-state index contributed by atoms with van der Waals surface area (Å²) in [7, 11) is 0. The summed E-state index contributed by atoms with van der Waals surface area (Å²) in [6, 6.07) is -1.54. The van der Waals surface area contributed by atoms with Crippen molar-refractivity contribution in [2.75, 3.05) is 0 Å². The molecule has 0 aromatic rings. The maximum atomic E-state index is 12.2. The normalized spacial score (nSPS) is 29.1. The third-order valence-corrected chi connectivity index (χ3v) is 2.87. The van der Waals surface area contributed by atoms with Gasteiger partial charge in [0.15, 0.2) is 6.10 Å². The zero-order valence-electron chi connectivity index (χ0n) is 8.33. The Morgan fingerprint density at radius 1 is 1.40 bits per heavy atom. The molecule has 0 radical (unpaired) electrons. The fourth-order valence-corrected chi connectivity index (χ4v) is 2.16. The largest absolute Gasteiger partial charge is 0.431 e. The molecule has 1 aliphatic heterocycles. The van der Waals surface area contributed by atoms with Crippen LogP contribution in [0.3, 0.4) is 0 Å². The van der Waals surface area contributed by atoms with E-state index < -0.39 is 30.3 Å². The fraction of sp³-hybridized carbons (Fsp3) is 0.800. The van der Waals surface area contributed by atoms with Gasteiger partial charge in [0.1, 0.15) is 0 Å². The van der Waals surface area contributed by atoms with Gasteiger partial charge < -0.3 is 9.47 Å². The second kappa shape index (κ2) is 3.89. The maximum Gasteiger partial charge on any atom is 0.338 e. The predicted molar refractivity (Wildman–Crippen MR) is 47.5 cm³/mol. The van der Waals surface area contributed by atoms with Crippen molar-refractivity contribution in [3.63, 3.8) is 0 Å². The molecule has 1 aliphatic carbocycles. The van der Waals surface area contributed by atoms with Crippen molar-refractivity contribution in [2.45, 2.75) is 50.4 Å². The van der Waals surface area contributed by atoms with E-state index in [1.807, 2.05) is 0 Å². The van der Waals surface area contributed by atoms with Crippen molar-refractivity contribution >= 4 is 12.0 Å². The van der Waals surface area contributed by atoms with Gasteiger partial charge in [-0.25, -0.2) is 4.79 Å². The summed E-state index contributed by atoms with van der Waals surface area (Å²) in [6.07, 6.45) is 2.69. The van der Waals surface area contributed by atoms with Crippen LogP contribution in [-0.4, -0.2) is 23.9 Å². The molecular formula is C10H13FO4. The predicted octanol–water partition coefficient (Wildman–Crippen LogP) is 1.47. The SMILES string of the molecule is O=C(F)CC1OC2(CCCCC2)OC1=O. The van der Waals surface area contributed by atoms with E-state index >= 15 is 0 Å². The van der Waals surface area contributed by atoms with E-state index in [4.69, 9.17) is 9.47 Å². The van der Waals surface area contributed by atoms with Crippen molar-refractivity contribution in [1.82, 2.24) is 0 Å². The van der Waals surface area contributed by atoms with Crippen molar-refractivity contribution < 1.29 is 23.5 Å². The highest BCUT2D eigenvalue weighted by atomic mass is 19.1. The Kier molecular flexibility index (Phi) is 2.73. The van der Waals surface area contributed by atoms with Gasteiger partial charge in [-0.05, 0) is 12.8 Å². The van der Waals surface area contributed by atoms with Crippen molar-refractivity contribution in [1.29, 1.82) is 0 Å². The average Bonchev–Trinajstić information content (AvgIpc) is 2.43. The van der Waals surface area contributed by atoms with Crippen LogP contribution >= 0.6 is 0 Å². The molecule has 0 aromatic heterocycles. The van der Waals surface area contributed by atoms with Gasteiger partial charge in [0.05, 0.1) is 6.42 Å². The molecule has 1 saturated heterocycles. The van der Waals surface area contributed by atoms with Gasteiger partial charge in [0, 0.05) is 12.8 Å². The standard InChI is InChI=1S/C10H13FO4/c11-8(12)6-7-9(13)15-10(14-7)4-2-1-3-5-10/h7H,1-6H2. The molecule has 1 spiro atoms. The lowest BCUT2D eigenvalue weighted by Crippen LogP contribution is -2.33. The van der Waals surface area contributed by atoms with E-state index in [2.05, 4.69) is 0 Å². The molecular weight excluding hydrogens is 203 g/mol. The summed E-state index contributed by atoms with van der Waals surface area (Å²) in [5.41, 5.74) is 0. The quantitative estimate of drug-likeness (QED) is 0.518. The highest BCUT2D eigenvalue weighted by molar-refractivity contribution is 5.82. The van der Waals surface area contributed by atoms with Crippen molar-refractivity contribution in [3.8, 4) is 0 Å². The van der Waals surface area contributed by atoms with Gasteiger partial charge in [-0.3, -0.25) is 4.79 Å². The van der Waals surface area contributed by atoms with Gasteiger partial charge in [0.2, 0.25) is 5.79 Å². The number of rotatable bonds is 2. The second-order valence-corrected chi connectivity index (χ2v) is 4.06.